The van der Waals surface area contributed by atoms with E-state index in [9.17, 15) is 14.9 Å². The predicted octanol–water partition coefficient (Wildman–Crippen LogP) is 1.82. The van der Waals surface area contributed by atoms with Gasteiger partial charge in [0, 0.05) is 18.7 Å². The summed E-state index contributed by atoms with van der Waals surface area (Å²) in [5.74, 6) is -0.227. The molecule has 0 bridgehead atoms. The Morgan fingerprint density at radius 3 is 2.89 bits per heavy atom. The fourth-order valence-corrected chi connectivity index (χ4v) is 2.37. The lowest BCUT2D eigenvalue weighted by atomic mass is 9.99. The van der Waals surface area contributed by atoms with Crippen LogP contribution in [0.3, 0.4) is 0 Å². The quantitative estimate of drug-likeness (QED) is 0.658. The lowest BCUT2D eigenvalue weighted by Gasteiger charge is -2.35. The van der Waals surface area contributed by atoms with Gasteiger partial charge in [0.2, 0.25) is 0 Å². The van der Waals surface area contributed by atoms with Gasteiger partial charge in [-0.2, -0.15) is 0 Å². The number of aromatic nitrogens is 1. The monoisotopic (exact) mass is 265 g/mol. The van der Waals surface area contributed by atoms with Crippen molar-refractivity contribution in [2.75, 3.05) is 11.4 Å². The minimum Gasteiger partial charge on any atom is -0.481 e. The molecule has 102 valence electrons. The molecule has 19 heavy (non-hydrogen) atoms. The first-order chi connectivity index (χ1) is 9.08. The lowest BCUT2D eigenvalue weighted by molar-refractivity contribution is -0.385. The molecule has 0 amide bonds. The van der Waals surface area contributed by atoms with E-state index in [1.165, 1.54) is 12.3 Å². The molecule has 7 nitrogen and oxygen atoms in total. The number of anilines is 1. The molecule has 1 aromatic heterocycles. The molecule has 7 heteroatoms. The van der Waals surface area contributed by atoms with E-state index in [1.54, 1.807) is 6.07 Å². The van der Waals surface area contributed by atoms with Crippen molar-refractivity contribution < 1.29 is 14.8 Å². The first-order valence-electron chi connectivity index (χ1n) is 6.17. The molecule has 1 aromatic rings. The van der Waals surface area contributed by atoms with Gasteiger partial charge in [-0.15, -0.1) is 0 Å². The van der Waals surface area contributed by atoms with Gasteiger partial charge >= 0.3 is 5.97 Å². The van der Waals surface area contributed by atoms with Gasteiger partial charge in [0.25, 0.3) is 5.69 Å². The Morgan fingerprint density at radius 1 is 1.53 bits per heavy atom. The molecule has 0 spiro atoms. The zero-order valence-corrected chi connectivity index (χ0v) is 10.4. The molecule has 1 aliphatic rings. The molecule has 1 N–H and O–H groups in total. The third kappa shape index (κ3) is 3.18. The topological polar surface area (TPSA) is 96.6 Å². The van der Waals surface area contributed by atoms with E-state index in [2.05, 4.69) is 4.98 Å². The first kappa shape index (κ1) is 13.3. The van der Waals surface area contributed by atoms with Gasteiger partial charge in [-0.05, 0) is 25.3 Å². The second-order valence-electron chi connectivity index (χ2n) is 4.57. The summed E-state index contributed by atoms with van der Waals surface area (Å²) < 4.78 is 0. The Balaban J connectivity index is 2.17. The summed E-state index contributed by atoms with van der Waals surface area (Å²) >= 11 is 0. The Kier molecular flexibility index (Phi) is 3.94. The average Bonchev–Trinajstić information content (AvgIpc) is 2.39. The van der Waals surface area contributed by atoms with E-state index in [0.29, 0.717) is 5.82 Å². The van der Waals surface area contributed by atoms with E-state index < -0.39 is 10.9 Å². The Morgan fingerprint density at radius 2 is 2.32 bits per heavy atom. The maximum absolute atomic E-state index is 10.9. The molecular weight excluding hydrogens is 250 g/mol. The van der Waals surface area contributed by atoms with Crippen molar-refractivity contribution >= 4 is 17.5 Å². The lowest BCUT2D eigenvalue weighted by Crippen LogP contribution is -2.41. The molecule has 2 heterocycles. The zero-order chi connectivity index (χ0) is 13.8. The number of carboxylic acids is 1. The molecule has 0 aliphatic carbocycles. The number of carboxylic acid groups (broad SMARTS) is 1. The van der Waals surface area contributed by atoms with E-state index in [0.717, 1.165) is 25.8 Å². The van der Waals surface area contributed by atoms with Crippen molar-refractivity contribution in [3.8, 4) is 0 Å². The Bertz CT molecular complexity index is 474. The van der Waals surface area contributed by atoms with Gasteiger partial charge in [0.15, 0.2) is 0 Å². The highest BCUT2D eigenvalue weighted by Gasteiger charge is 2.25. The van der Waals surface area contributed by atoms with Crippen LogP contribution in [0.15, 0.2) is 18.3 Å². The van der Waals surface area contributed by atoms with Gasteiger partial charge in [0.1, 0.15) is 12.0 Å². The summed E-state index contributed by atoms with van der Waals surface area (Å²) in [6.45, 7) is 0.739. The van der Waals surface area contributed by atoms with Gasteiger partial charge in [-0.3, -0.25) is 14.9 Å². The van der Waals surface area contributed by atoms with Crippen molar-refractivity contribution in [2.24, 2.45) is 0 Å². The predicted molar refractivity (Wildman–Crippen MR) is 68.1 cm³/mol. The maximum atomic E-state index is 10.9. The number of nitro groups is 1. The number of hydrogen-bond acceptors (Lipinski definition) is 5. The molecule has 1 aliphatic heterocycles. The molecule has 1 atom stereocenters. The average molecular weight is 265 g/mol. The van der Waals surface area contributed by atoms with E-state index in [1.807, 2.05) is 4.90 Å². The van der Waals surface area contributed by atoms with Crippen molar-refractivity contribution in [1.29, 1.82) is 0 Å². The van der Waals surface area contributed by atoms with Crippen LogP contribution in [0.5, 0.6) is 0 Å². The van der Waals surface area contributed by atoms with Crippen molar-refractivity contribution in [3.05, 3.63) is 28.4 Å². The summed E-state index contributed by atoms with van der Waals surface area (Å²) in [6.07, 6.45) is 4.07. The van der Waals surface area contributed by atoms with Crippen LogP contribution in [0, 0.1) is 10.1 Å². The summed E-state index contributed by atoms with van der Waals surface area (Å²) in [6, 6.07) is 2.90. The van der Waals surface area contributed by atoms with Crippen LogP contribution >= 0.6 is 0 Å². The molecule has 0 radical (unpaired) electrons. The second-order valence-corrected chi connectivity index (χ2v) is 4.57. The van der Waals surface area contributed by atoms with Crippen LogP contribution in [0.4, 0.5) is 11.5 Å². The highest BCUT2D eigenvalue weighted by Crippen LogP contribution is 2.26. The normalized spacial score (nSPS) is 19.2. The molecule has 2 rings (SSSR count). The summed E-state index contributed by atoms with van der Waals surface area (Å²) in [5, 5.41) is 19.5. The summed E-state index contributed by atoms with van der Waals surface area (Å²) in [4.78, 5) is 26.9. The Labute approximate surface area is 110 Å². The van der Waals surface area contributed by atoms with Crippen LogP contribution in [0.1, 0.15) is 25.7 Å². The number of carbonyl (C=O) groups is 1. The fraction of sp³-hybridized carbons (Fsp3) is 0.500. The highest BCUT2D eigenvalue weighted by molar-refractivity contribution is 5.68. The standard InChI is InChI=1S/C12H15N3O4/c16-12(17)7-9-3-1-2-6-14(9)11-5-4-10(8-13-11)15(18)19/h4-5,8-9H,1-3,6-7H2,(H,16,17). The summed E-state index contributed by atoms with van der Waals surface area (Å²) in [7, 11) is 0. The maximum Gasteiger partial charge on any atom is 0.305 e. The fourth-order valence-electron chi connectivity index (χ4n) is 2.37. The minimum absolute atomic E-state index is 0.0597. The SMILES string of the molecule is O=C(O)CC1CCCCN1c1ccc([N+](=O)[O-])cn1. The molecule has 1 fully saturated rings. The molecular formula is C12H15N3O4. The third-order valence-corrected chi connectivity index (χ3v) is 3.27. The zero-order valence-electron chi connectivity index (χ0n) is 10.4. The Hall–Kier alpha value is -2.18. The van der Waals surface area contributed by atoms with E-state index in [4.69, 9.17) is 5.11 Å². The molecule has 0 aromatic carbocycles. The molecule has 1 saturated heterocycles. The second kappa shape index (κ2) is 5.64. The number of piperidine rings is 1. The highest BCUT2D eigenvalue weighted by atomic mass is 16.6. The van der Waals surface area contributed by atoms with Crippen LogP contribution in [0.25, 0.3) is 0 Å². The molecule has 1 unspecified atom stereocenters. The number of hydrogen-bond donors (Lipinski definition) is 1. The third-order valence-electron chi connectivity index (χ3n) is 3.27. The van der Waals surface area contributed by atoms with Crippen LogP contribution < -0.4 is 4.90 Å². The van der Waals surface area contributed by atoms with Gasteiger partial charge in [-0.1, -0.05) is 0 Å². The van der Waals surface area contributed by atoms with Crippen molar-refractivity contribution in [3.63, 3.8) is 0 Å². The number of pyridine rings is 1. The van der Waals surface area contributed by atoms with Crippen LogP contribution in [-0.4, -0.2) is 33.6 Å². The van der Waals surface area contributed by atoms with Crippen LogP contribution in [-0.2, 0) is 4.79 Å². The van der Waals surface area contributed by atoms with Gasteiger partial charge in [0.05, 0.1) is 11.3 Å². The van der Waals surface area contributed by atoms with E-state index >= 15 is 0 Å². The first-order valence-corrected chi connectivity index (χ1v) is 6.17. The smallest absolute Gasteiger partial charge is 0.305 e. The van der Waals surface area contributed by atoms with Gasteiger partial charge in [-0.25, -0.2) is 4.98 Å². The number of aliphatic carboxylic acids is 1. The summed E-state index contributed by atoms with van der Waals surface area (Å²) in [5.41, 5.74) is -0.0597. The van der Waals surface area contributed by atoms with Crippen molar-refractivity contribution in [2.45, 2.75) is 31.7 Å². The molecule has 0 saturated carbocycles. The van der Waals surface area contributed by atoms with Crippen molar-refractivity contribution in [1.82, 2.24) is 4.98 Å². The minimum atomic E-state index is -0.834. The number of rotatable bonds is 4. The largest absolute Gasteiger partial charge is 0.481 e. The van der Waals surface area contributed by atoms with Crippen LogP contribution in [0.2, 0.25) is 0 Å². The van der Waals surface area contributed by atoms with E-state index in [-0.39, 0.29) is 18.2 Å². The van der Waals surface area contributed by atoms with Gasteiger partial charge < -0.3 is 10.0 Å². The number of nitrogens with zero attached hydrogens (tertiary/aromatic N) is 3.